The minimum absolute atomic E-state index is 0.0181. The Bertz CT molecular complexity index is 691. The number of benzene rings is 2. The zero-order chi connectivity index (χ0) is 14.5. The summed E-state index contributed by atoms with van der Waals surface area (Å²) in [7, 11) is 0. The molecule has 0 saturated heterocycles. The Kier molecular flexibility index (Phi) is 3.98. The summed E-state index contributed by atoms with van der Waals surface area (Å²) in [6.45, 7) is 0.455. The Morgan fingerprint density at radius 3 is 2.57 bits per heavy atom. The number of hydrogen-bond donors (Lipinski definition) is 1. The minimum Gasteiger partial charge on any atom is -0.489 e. The number of rotatable bonds is 5. The van der Waals surface area contributed by atoms with E-state index in [1.54, 1.807) is 12.5 Å². The van der Waals surface area contributed by atoms with Crippen LogP contribution < -0.4 is 4.74 Å². The van der Waals surface area contributed by atoms with Gasteiger partial charge < -0.3 is 14.4 Å². The van der Waals surface area contributed by atoms with E-state index in [4.69, 9.17) is 4.74 Å². The van der Waals surface area contributed by atoms with Crippen LogP contribution >= 0.6 is 0 Å². The molecule has 0 fully saturated rings. The van der Waals surface area contributed by atoms with Crippen molar-refractivity contribution >= 4 is 0 Å². The maximum Gasteiger partial charge on any atom is 0.125 e. The van der Waals surface area contributed by atoms with Crippen molar-refractivity contribution in [2.45, 2.75) is 13.2 Å². The van der Waals surface area contributed by atoms with Crippen molar-refractivity contribution in [3.05, 3.63) is 78.4 Å². The van der Waals surface area contributed by atoms with Crippen LogP contribution in [0.3, 0.4) is 0 Å². The van der Waals surface area contributed by atoms with Crippen molar-refractivity contribution < 1.29 is 9.84 Å². The molecule has 0 unspecified atom stereocenters. The Morgan fingerprint density at radius 2 is 1.86 bits per heavy atom. The third-order valence-corrected chi connectivity index (χ3v) is 3.28. The van der Waals surface area contributed by atoms with Crippen molar-refractivity contribution in [1.82, 2.24) is 9.55 Å². The van der Waals surface area contributed by atoms with Crippen LogP contribution in [0.15, 0.2) is 67.3 Å². The highest BCUT2D eigenvalue weighted by Gasteiger charge is 2.02. The van der Waals surface area contributed by atoms with E-state index < -0.39 is 0 Å². The highest BCUT2D eigenvalue weighted by molar-refractivity contribution is 5.35. The van der Waals surface area contributed by atoms with Crippen molar-refractivity contribution in [3.8, 4) is 11.4 Å². The summed E-state index contributed by atoms with van der Waals surface area (Å²) >= 11 is 0. The summed E-state index contributed by atoms with van der Waals surface area (Å²) < 4.78 is 7.72. The predicted molar refractivity (Wildman–Crippen MR) is 80.3 cm³/mol. The van der Waals surface area contributed by atoms with E-state index in [0.717, 1.165) is 22.6 Å². The Morgan fingerprint density at radius 1 is 1.05 bits per heavy atom. The lowest BCUT2D eigenvalue weighted by molar-refractivity contribution is 0.259. The molecule has 3 rings (SSSR count). The molecule has 1 aromatic heterocycles. The van der Waals surface area contributed by atoms with Gasteiger partial charge in [-0.1, -0.05) is 30.3 Å². The van der Waals surface area contributed by atoms with E-state index in [1.807, 2.05) is 59.3 Å². The molecule has 0 saturated carbocycles. The predicted octanol–water partition coefficient (Wildman–Crippen LogP) is 2.94. The Labute approximate surface area is 123 Å². The molecule has 106 valence electrons. The average molecular weight is 280 g/mol. The van der Waals surface area contributed by atoms with E-state index in [1.165, 1.54) is 0 Å². The molecule has 3 aromatic rings. The first-order valence-electron chi connectivity index (χ1n) is 6.75. The highest BCUT2D eigenvalue weighted by atomic mass is 16.5. The maximum absolute atomic E-state index is 9.27. The third kappa shape index (κ3) is 3.12. The molecular formula is C17H16N2O2. The van der Waals surface area contributed by atoms with E-state index in [2.05, 4.69) is 4.98 Å². The van der Waals surface area contributed by atoms with Gasteiger partial charge in [-0.05, 0) is 23.8 Å². The quantitative estimate of drug-likeness (QED) is 0.781. The standard InChI is InChI=1S/C17H16N2O2/c20-11-15-3-1-2-4-17(15)21-12-14-5-7-16(8-6-14)19-10-9-18-13-19/h1-10,13,20H,11-12H2. The van der Waals surface area contributed by atoms with Gasteiger partial charge in [-0.15, -0.1) is 0 Å². The molecule has 0 aliphatic rings. The minimum atomic E-state index is -0.0181. The fourth-order valence-electron chi connectivity index (χ4n) is 2.11. The lowest BCUT2D eigenvalue weighted by atomic mass is 10.2. The van der Waals surface area contributed by atoms with Crippen LogP contribution in [0.25, 0.3) is 5.69 Å². The number of hydrogen-bond acceptors (Lipinski definition) is 3. The van der Waals surface area contributed by atoms with Gasteiger partial charge in [0, 0.05) is 23.6 Å². The molecule has 0 atom stereocenters. The molecule has 0 spiro atoms. The smallest absolute Gasteiger partial charge is 0.125 e. The molecule has 0 amide bonds. The van der Waals surface area contributed by atoms with Crippen LogP contribution in [0.2, 0.25) is 0 Å². The number of aliphatic hydroxyl groups is 1. The van der Waals surface area contributed by atoms with Crippen molar-refractivity contribution in [2.75, 3.05) is 0 Å². The van der Waals surface area contributed by atoms with Gasteiger partial charge in [0.15, 0.2) is 0 Å². The summed E-state index contributed by atoms with van der Waals surface area (Å²) in [6, 6.07) is 15.6. The lowest BCUT2D eigenvalue weighted by Crippen LogP contribution is -1.99. The van der Waals surface area contributed by atoms with E-state index >= 15 is 0 Å². The summed E-state index contributed by atoms with van der Waals surface area (Å²) in [5.41, 5.74) is 2.94. The van der Waals surface area contributed by atoms with Gasteiger partial charge in [-0.3, -0.25) is 0 Å². The first-order chi connectivity index (χ1) is 10.4. The van der Waals surface area contributed by atoms with E-state index in [9.17, 15) is 5.11 Å². The van der Waals surface area contributed by atoms with Crippen LogP contribution in [0.1, 0.15) is 11.1 Å². The number of aliphatic hydroxyl groups excluding tert-OH is 1. The third-order valence-electron chi connectivity index (χ3n) is 3.28. The number of aromatic nitrogens is 2. The molecule has 21 heavy (non-hydrogen) atoms. The number of para-hydroxylation sites is 1. The van der Waals surface area contributed by atoms with Crippen LogP contribution in [0.4, 0.5) is 0 Å². The zero-order valence-electron chi connectivity index (χ0n) is 11.5. The summed E-state index contributed by atoms with van der Waals surface area (Å²) in [5.74, 6) is 0.721. The van der Waals surface area contributed by atoms with Crippen molar-refractivity contribution in [1.29, 1.82) is 0 Å². The van der Waals surface area contributed by atoms with Gasteiger partial charge in [0.1, 0.15) is 12.4 Å². The molecule has 0 bridgehead atoms. The summed E-state index contributed by atoms with van der Waals surface area (Å²) in [5, 5.41) is 9.27. The van der Waals surface area contributed by atoms with Crippen LogP contribution in [-0.2, 0) is 13.2 Å². The average Bonchev–Trinajstić information content (AvgIpc) is 3.08. The molecule has 0 aliphatic heterocycles. The van der Waals surface area contributed by atoms with Crippen molar-refractivity contribution in [3.63, 3.8) is 0 Å². The van der Waals surface area contributed by atoms with Gasteiger partial charge >= 0.3 is 0 Å². The fraction of sp³-hybridized carbons (Fsp3) is 0.118. The molecular weight excluding hydrogens is 264 g/mol. The summed E-state index contributed by atoms with van der Waals surface area (Å²) in [4.78, 5) is 4.03. The maximum atomic E-state index is 9.27. The normalized spacial score (nSPS) is 10.5. The molecule has 2 aromatic carbocycles. The molecule has 1 heterocycles. The van der Waals surface area contributed by atoms with E-state index in [0.29, 0.717) is 6.61 Å². The van der Waals surface area contributed by atoms with Gasteiger partial charge in [0.25, 0.3) is 0 Å². The Balaban J connectivity index is 1.68. The summed E-state index contributed by atoms with van der Waals surface area (Å²) in [6.07, 6.45) is 5.43. The SMILES string of the molecule is OCc1ccccc1OCc1ccc(-n2ccnc2)cc1. The molecule has 1 N–H and O–H groups in total. The molecule has 0 aliphatic carbocycles. The molecule has 4 heteroatoms. The Hall–Kier alpha value is -2.59. The zero-order valence-corrected chi connectivity index (χ0v) is 11.5. The first-order valence-corrected chi connectivity index (χ1v) is 6.75. The topological polar surface area (TPSA) is 47.3 Å². The number of nitrogens with zero attached hydrogens (tertiary/aromatic N) is 2. The second-order valence-corrected chi connectivity index (χ2v) is 4.69. The van der Waals surface area contributed by atoms with Gasteiger partial charge in [0.2, 0.25) is 0 Å². The van der Waals surface area contributed by atoms with Crippen molar-refractivity contribution in [2.24, 2.45) is 0 Å². The van der Waals surface area contributed by atoms with Crippen LogP contribution in [0, 0.1) is 0 Å². The van der Waals surface area contributed by atoms with E-state index in [-0.39, 0.29) is 6.61 Å². The van der Waals surface area contributed by atoms with Gasteiger partial charge in [0.05, 0.1) is 12.9 Å². The molecule has 0 radical (unpaired) electrons. The second kappa shape index (κ2) is 6.24. The first kappa shape index (κ1) is 13.4. The lowest BCUT2D eigenvalue weighted by Gasteiger charge is -2.10. The van der Waals surface area contributed by atoms with Crippen LogP contribution in [-0.4, -0.2) is 14.7 Å². The van der Waals surface area contributed by atoms with Gasteiger partial charge in [-0.25, -0.2) is 4.98 Å². The van der Waals surface area contributed by atoms with Crippen LogP contribution in [0.5, 0.6) is 5.75 Å². The van der Waals surface area contributed by atoms with Gasteiger partial charge in [-0.2, -0.15) is 0 Å². The number of ether oxygens (including phenoxy) is 1. The largest absolute Gasteiger partial charge is 0.489 e. The highest BCUT2D eigenvalue weighted by Crippen LogP contribution is 2.19. The number of imidazole rings is 1. The monoisotopic (exact) mass is 280 g/mol. The fourth-order valence-corrected chi connectivity index (χ4v) is 2.11. The second-order valence-electron chi connectivity index (χ2n) is 4.69. The molecule has 4 nitrogen and oxygen atoms in total.